The maximum atomic E-state index is 13.2. The lowest BCUT2D eigenvalue weighted by Gasteiger charge is -2.41. The zero-order valence-corrected chi connectivity index (χ0v) is 18.6. The number of aliphatic carboxylic acids is 1. The van der Waals surface area contributed by atoms with Crippen molar-refractivity contribution in [1.82, 2.24) is 0 Å². The van der Waals surface area contributed by atoms with Gasteiger partial charge in [0, 0.05) is 4.88 Å². The molecule has 1 heterocycles. The summed E-state index contributed by atoms with van der Waals surface area (Å²) in [4.78, 5) is 38.5. The summed E-state index contributed by atoms with van der Waals surface area (Å²) in [5, 5.41) is 13.2. The number of carboxylic acid groups (broad SMARTS) is 1. The molecule has 0 saturated heterocycles. The summed E-state index contributed by atoms with van der Waals surface area (Å²) in [5.41, 5.74) is 7.25. The number of nitrogens with one attached hydrogen (secondary N) is 1. The Balaban J connectivity index is 1.63. The van der Waals surface area contributed by atoms with Crippen LogP contribution in [-0.4, -0.2) is 22.9 Å². The van der Waals surface area contributed by atoms with Crippen molar-refractivity contribution in [2.45, 2.75) is 52.9 Å². The average Bonchev–Trinajstić information content (AvgIpc) is 3.04. The first-order valence-corrected chi connectivity index (χ1v) is 11.6. The van der Waals surface area contributed by atoms with Gasteiger partial charge < -0.3 is 16.2 Å². The molecule has 0 radical (unpaired) electrons. The number of allylic oxidation sites excluding steroid dienone is 2. The van der Waals surface area contributed by atoms with Gasteiger partial charge in [-0.05, 0) is 60.8 Å². The van der Waals surface area contributed by atoms with E-state index in [9.17, 15) is 19.5 Å². The van der Waals surface area contributed by atoms with E-state index in [2.05, 4.69) is 26.1 Å². The second-order valence-electron chi connectivity index (χ2n) is 10.0. The third-order valence-electron chi connectivity index (χ3n) is 7.31. The maximum Gasteiger partial charge on any atom is 0.307 e. The van der Waals surface area contributed by atoms with Crippen molar-refractivity contribution in [3.8, 4) is 0 Å². The summed E-state index contributed by atoms with van der Waals surface area (Å²) in [7, 11) is 0. The van der Waals surface area contributed by atoms with Crippen LogP contribution < -0.4 is 11.1 Å². The summed E-state index contributed by atoms with van der Waals surface area (Å²) in [6.45, 7) is 6.68. The topological polar surface area (TPSA) is 109 Å². The lowest BCUT2D eigenvalue weighted by molar-refractivity contribution is -0.151. The number of carbonyl (C=O) groups is 3. The highest BCUT2D eigenvalue weighted by Gasteiger charge is 2.48. The maximum absolute atomic E-state index is 13.2. The highest BCUT2D eigenvalue weighted by atomic mass is 32.1. The van der Waals surface area contributed by atoms with Gasteiger partial charge in [-0.1, -0.05) is 32.9 Å². The van der Waals surface area contributed by atoms with E-state index in [1.165, 1.54) is 11.3 Å². The molecule has 30 heavy (non-hydrogen) atoms. The summed E-state index contributed by atoms with van der Waals surface area (Å²) >= 11 is 1.43. The summed E-state index contributed by atoms with van der Waals surface area (Å²) in [6, 6.07) is 0. The molecule has 7 heteroatoms. The predicted molar refractivity (Wildman–Crippen MR) is 116 cm³/mol. The zero-order valence-electron chi connectivity index (χ0n) is 17.7. The summed E-state index contributed by atoms with van der Waals surface area (Å²) in [6.07, 6.45) is 8.18. The molecular formula is C23H30N2O4S. The molecule has 1 fully saturated rings. The molecule has 4 aliphatic rings. The molecule has 0 aliphatic heterocycles. The van der Waals surface area contributed by atoms with Gasteiger partial charge in [0.2, 0.25) is 5.91 Å². The minimum atomic E-state index is -0.928. The lowest BCUT2D eigenvalue weighted by atomic mass is 9.62. The van der Waals surface area contributed by atoms with Crippen molar-refractivity contribution in [1.29, 1.82) is 0 Å². The number of anilines is 1. The minimum absolute atomic E-state index is 0.0759. The van der Waals surface area contributed by atoms with Crippen LogP contribution in [0, 0.1) is 35.0 Å². The van der Waals surface area contributed by atoms with E-state index in [0.29, 0.717) is 16.5 Å². The van der Waals surface area contributed by atoms with Crippen molar-refractivity contribution in [2.24, 2.45) is 40.7 Å². The number of hydrogen-bond acceptors (Lipinski definition) is 4. The molecular weight excluding hydrogens is 400 g/mol. The Morgan fingerprint density at radius 2 is 1.73 bits per heavy atom. The number of carboxylic acids is 1. The van der Waals surface area contributed by atoms with Gasteiger partial charge in [0.25, 0.3) is 5.91 Å². The van der Waals surface area contributed by atoms with Crippen LogP contribution in [0.4, 0.5) is 5.00 Å². The highest BCUT2D eigenvalue weighted by molar-refractivity contribution is 7.17. The molecule has 5 atom stereocenters. The van der Waals surface area contributed by atoms with Crippen LogP contribution in [0.3, 0.4) is 0 Å². The lowest BCUT2D eigenvalue weighted by Crippen LogP contribution is -2.47. The Bertz CT molecular complexity index is 926. The molecule has 4 aliphatic carbocycles. The van der Waals surface area contributed by atoms with E-state index in [4.69, 9.17) is 5.73 Å². The molecule has 0 unspecified atom stereocenters. The number of hydrogen-bond donors (Lipinski definition) is 3. The van der Waals surface area contributed by atoms with E-state index in [-0.39, 0.29) is 23.2 Å². The Morgan fingerprint density at radius 3 is 2.27 bits per heavy atom. The number of nitrogens with two attached hydrogens (primary N) is 1. The van der Waals surface area contributed by atoms with E-state index in [0.717, 1.165) is 42.5 Å². The van der Waals surface area contributed by atoms with Crippen LogP contribution in [-0.2, 0) is 22.4 Å². The van der Waals surface area contributed by atoms with Gasteiger partial charge in [-0.15, -0.1) is 11.3 Å². The molecule has 0 spiro atoms. The minimum Gasteiger partial charge on any atom is -0.481 e. The fourth-order valence-corrected chi connectivity index (χ4v) is 6.89. The monoisotopic (exact) mass is 430 g/mol. The SMILES string of the molecule is CC(C)(C)[C@H]1CCc2c(sc(NC(=O)[C@H]3[C@@H](C(=O)O)[C@H]4C=C[C@H]3CC4)c2C(N)=O)C1. The van der Waals surface area contributed by atoms with Crippen molar-refractivity contribution >= 4 is 34.1 Å². The van der Waals surface area contributed by atoms with E-state index in [1.54, 1.807) is 0 Å². The van der Waals surface area contributed by atoms with Crippen LogP contribution >= 0.6 is 11.3 Å². The standard InChI is InChI=1S/C23H30N2O4S/c1-23(2,3)13-8-9-14-15(10-13)30-21(18(14)19(24)26)25-20(27)16-11-4-6-12(7-5-11)17(16)22(28)29/h4,6,11-13,16-17H,5,7-10H2,1-3H3,(H2,24,26)(H,25,27)(H,28,29)/t11-,12-,13-,16+,17-/m0/s1. The molecule has 2 bridgehead atoms. The normalized spacial score (nSPS) is 30.0. The fourth-order valence-electron chi connectivity index (χ4n) is 5.56. The Labute approximate surface area is 180 Å². The van der Waals surface area contributed by atoms with Gasteiger partial charge >= 0.3 is 5.97 Å². The van der Waals surface area contributed by atoms with Crippen LogP contribution in [0.5, 0.6) is 0 Å². The van der Waals surface area contributed by atoms with Crippen LogP contribution in [0.1, 0.15) is 60.8 Å². The molecule has 1 aromatic heterocycles. The van der Waals surface area contributed by atoms with Crippen LogP contribution in [0.25, 0.3) is 0 Å². The molecule has 6 nitrogen and oxygen atoms in total. The van der Waals surface area contributed by atoms with Gasteiger partial charge in [-0.3, -0.25) is 14.4 Å². The molecule has 4 N–H and O–H groups in total. The zero-order chi connectivity index (χ0) is 21.8. The van der Waals surface area contributed by atoms with Crippen molar-refractivity contribution in [3.05, 3.63) is 28.2 Å². The molecule has 5 rings (SSSR count). The predicted octanol–water partition coefficient (Wildman–Crippen LogP) is 3.85. The number of carbonyl (C=O) groups excluding carboxylic acids is 2. The van der Waals surface area contributed by atoms with E-state index in [1.807, 2.05) is 12.2 Å². The van der Waals surface area contributed by atoms with Gasteiger partial charge in [0.1, 0.15) is 5.00 Å². The molecule has 2 amide bonds. The Morgan fingerprint density at radius 1 is 1.10 bits per heavy atom. The largest absolute Gasteiger partial charge is 0.481 e. The third-order valence-corrected chi connectivity index (χ3v) is 8.48. The fraction of sp³-hybridized carbons (Fsp3) is 0.609. The molecule has 1 saturated carbocycles. The molecule has 1 aromatic rings. The Hall–Kier alpha value is -2.15. The average molecular weight is 431 g/mol. The summed E-state index contributed by atoms with van der Waals surface area (Å²) < 4.78 is 0. The van der Waals surface area contributed by atoms with Gasteiger partial charge in [0.05, 0.1) is 17.4 Å². The second-order valence-corrected chi connectivity index (χ2v) is 11.2. The van der Waals surface area contributed by atoms with Gasteiger partial charge in [0.15, 0.2) is 0 Å². The number of primary amides is 1. The quantitative estimate of drug-likeness (QED) is 0.630. The van der Waals surface area contributed by atoms with Crippen LogP contribution in [0.15, 0.2) is 12.2 Å². The van der Waals surface area contributed by atoms with Crippen molar-refractivity contribution < 1.29 is 19.5 Å². The van der Waals surface area contributed by atoms with E-state index < -0.39 is 23.7 Å². The van der Waals surface area contributed by atoms with Crippen molar-refractivity contribution in [3.63, 3.8) is 0 Å². The number of thiophene rings is 1. The first kappa shape index (κ1) is 21.1. The number of fused-ring (bicyclic) bond motifs is 3. The van der Waals surface area contributed by atoms with Crippen molar-refractivity contribution in [2.75, 3.05) is 5.32 Å². The van der Waals surface area contributed by atoms with Gasteiger partial charge in [-0.25, -0.2) is 0 Å². The highest BCUT2D eigenvalue weighted by Crippen LogP contribution is 2.47. The third kappa shape index (κ3) is 3.57. The molecule has 0 aromatic carbocycles. The van der Waals surface area contributed by atoms with Gasteiger partial charge in [-0.2, -0.15) is 0 Å². The van der Waals surface area contributed by atoms with Crippen LogP contribution in [0.2, 0.25) is 0 Å². The molecule has 162 valence electrons. The van der Waals surface area contributed by atoms with E-state index >= 15 is 0 Å². The number of rotatable bonds is 4. The Kier molecular flexibility index (Phi) is 5.29. The first-order valence-electron chi connectivity index (χ1n) is 10.7. The smallest absolute Gasteiger partial charge is 0.307 e. The number of amides is 2. The summed E-state index contributed by atoms with van der Waals surface area (Å²) in [5.74, 6) is -2.78. The first-order chi connectivity index (χ1) is 14.1. The second kappa shape index (κ2) is 7.52.